The van der Waals surface area contributed by atoms with Crippen LogP contribution in [-0.4, -0.2) is 33.3 Å². The SMILES string of the molecule is CCCOc1ccccc1OCC(=O)Nc1cc(OC)c(OC)cc1Cl. The van der Waals surface area contributed by atoms with Gasteiger partial charge < -0.3 is 24.3 Å². The molecule has 0 bridgehead atoms. The third kappa shape index (κ3) is 5.20. The molecule has 0 saturated heterocycles. The smallest absolute Gasteiger partial charge is 0.262 e. The Morgan fingerprint density at radius 2 is 1.62 bits per heavy atom. The van der Waals surface area contributed by atoms with Crippen LogP contribution < -0.4 is 24.3 Å². The lowest BCUT2D eigenvalue weighted by molar-refractivity contribution is -0.118. The number of halogens is 1. The second-order valence-corrected chi connectivity index (χ2v) is 5.73. The first-order valence-electron chi connectivity index (χ1n) is 8.15. The fraction of sp³-hybridized carbons (Fsp3) is 0.316. The molecule has 0 aromatic heterocycles. The Kier molecular flexibility index (Phi) is 7.41. The molecule has 26 heavy (non-hydrogen) atoms. The monoisotopic (exact) mass is 379 g/mol. The van der Waals surface area contributed by atoms with Gasteiger partial charge in [-0.05, 0) is 18.6 Å². The Bertz CT molecular complexity index is 751. The second kappa shape index (κ2) is 9.77. The van der Waals surface area contributed by atoms with Gasteiger partial charge in [-0.15, -0.1) is 0 Å². The second-order valence-electron chi connectivity index (χ2n) is 5.32. The lowest BCUT2D eigenvalue weighted by Gasteiger charge is -2.14. The van der Waals surface area contributed by atoms with Gasteiger partial charge >= 0.3 is 0 Å². The highest BCUT2D eigenvalue weighted by Gasteiger charge is 2.13. The molecular formula is C19H22ClNO5. The molecule has 0 heterocycles. The minimum absolute atomic E-state index is 0.183. The molecule has 1 amide bonds. The van der Waals surface area contributed by atoms with Crippen molar-refractivity contribution in [3.63, 3.8) is 0 Å². The van der Waals surface area contributed by atoms with Crippen LogP contribution in [0.4, 0.5) is 5.69 Å². The van der Waals surface area contributed by atoms with Crippen LogP contribution in [0.1, 0.15) is 13.3 Å². The molecule has 0 atom stereocenters. The molecule has 0 fully saturated rings. The highest BCUT2D eigenvalue weighted by Crippen LogP contribution is 2.36. The summed E-state index contributed by atoms with van der Waals surface area (Å²) in [6.45, 7) is 2.41. The van der Waals surface area contributed by atoms with E-state index >= 15 is 0 Å². The molecule has 6 nitrogen and oxygen atoms in total. The van der Waals surface area contributed by atoms with Gasteiger partial charge in [-0.25, -0.2) is 0 Å². The summed E-state index contributed by atoms with van der Waals surface area (Å²) >= 11 is 6.17. The molecule has 0 unspecified atom stereocenters. The zero-order valence-electron chi connectivity index (χ0n) is 15.0. The van der Waals surface area contributed by atoms with Gasteiger partial charge in [0, 0.05) is 12.1 Å². The van der Waals surface area contributed by atoms with E-state index in [4.69, 9.17) is 30.5 Å². The van der Waals surface area contributed by atoms with E-state index in [-0.39, 0.29) is 12.5 Å². The summed E-state index contributed by atoms with van der Waals surface area (Å²) in [4.78, 5) is 12.2. The Labute approximate surface area is 158 Å². The van der Waals surface area contributed by atoms with Crippen LogP contribution in [0.3, 0.4) is 0 Å². The molecule has 7 heteroatoms. The van der Waals surface area contributed by atoms with E-state index < -0.39 is 0 Å². The van der Waals surface area contributed by atoms with Crippen molar-refractivity contribution in [1.82, 2.24) is 0 Å². The van der Waals surface area contributed by atoms with Crippen LogP contribution in [0, 0.1) is 0 Å². The van der Waals surface area contributed by atoms with Crippen LogP contribution in [0.15, 0.2) is 36.4 Å². The zero-order chi connectivity index (χ0) is 18.9. The first kappa shape index (κ1) is 19.7. The lowest BCUT2D eigenvalue weighted by Crippen LogP contribution is -2.20. The van der Waals surface area contributed by atoms with Gasteiger partial charge in [-0.1, -0.05) is 30.7 Å². The van der Waals surface area contributed by atoms with Gasteiger partial charge in [-0.2, -0.15) is 0 Å². The van der Waals surface area contributed by atoms with E-state index in [0.717, 1.165) is 6.42 Å². The predicted octanol–water partition coefficient (Wildman–Crippen LogP) is 4.16. The van der Waals surface area contributed by atoms with E-state index in [1.54, 1.807) is 24.3 Å². The van der Waals surface area contributed by atoms with E-state index in [0.29, 0.717) is 40.3 Å². The van der Waals surface area contributed by atoms with Crippen LogP contribution in [0.2, 0.25) is 5.02 Å². The van der Waals surface area contributed by atoms with Crippen molar-refractivity contribution >= 4 is 23.2 Å². The largest absolute Gasteiger partial charge is 0.493 e. The first-order chi connectivity index (χ1) is 12.6. The zero-order valence-corrected chi connectivity index (χ0v) is 15.8. The van der Waals surface area contributed by atoms with Crippen molar-refractivity contribution in [2.75, 3.05) is 32.8 Å². The number of ether oxygens (including phenoxy) is 4. The summed E-state index contributed by atoms with van der Waals surface area (Å²) in [7, 11) is 3.02. The van der Waals surface area contributed by atoms with Crippen molar-refractivity contribution in [1.29, 1.82) is 0 Å². The van der Waals surface area contributed by atoms with Crippen molar-refractivity contribution in [3.05, 3.63) is 41.4 Å². The van der Waals surface area contributed by atoms with E-state index in [1.165, 1.54) is 14.2 Å². The number of carbonyl (C=O) groups is 1. The van der Waals surface area contributed by atoms with Gasteiger partial charge in [0.1, 0.15) is 0 Å². The number of nitrogens with one attached hydrogen (secondary N) is 1. The van der Waals surface area contributed by atoms with Crippen LogP contribution >= 0.6 is 11.6 Å². The Balaban J connectivity index is 2.02. The van der Waals surface area contributed by atoms with Gasteiger partial charge in [0.25, 0.3) is 5.91 Å². The average Bonchev–Trinajstić information content (AvgIpc) is 2.66. The van der Waals surface area contributed by atoms with Gasteiger partial charge in [0.15, 0.2) is 29.6 Å². The summed E-state index contributed by atoms with van der Waals surface area (Å²) in [6, 6.07) is 10.4. The van der Waals surface area contributed by atoms with E-state index in [9.17, 15) is 4.79 Å². The van der Waals surface area contributed by atoms with Gasteiger partial charge in [0.2, 0.25) is 0 Å². The molecule has 2 aromatic carbocycles. The minimum atomic E-state index is -0.357. The van der Waals surface area contributed by atoms with Crippen LogP contribution in [-0.2, 0) is 4.79 Å². The number of methoxy groups -OCH3 is 2. The number of amides is 1. The highest BCUT2D eigenvalue weighted by atomic mass is 35.5. The number of benzene rings is 2. The maximum atomic E-state index is 12.2. The normalized spacial score (nSPS) is 10.2. The number of anilines is 1. The summed E-state index contributed by atoms with van der Waals surface area (Å²) < 4.78 is 21.6. The summed E-state index contributed by atoms with van der Waals surface area (Å²) in [5, 5.41) is 3.03. The number of hydrogen-bond acceptors (Lipinski definition) is 5. The maximum Gasteiger partial charge on any atom is 0.262 e. The predicted molar refractivity (Wildman–Crippen MR) is 101 cm³/mol. The van der Waals surface area contributed by atoms with Crippen molar-refractivity contribution in [2.45, 2.75) is 13.3 Å². The molecule has 0 aliphatic carbocycles. The summed E-state index contributed by atoms with van der Waals surface area (Å²) in [5.41, 5.74) is 0.411. The molecule has 2 aromatic rings. The number of hydrogen-bond donors (Lipinski definition) is 1. The summed E-state index contributed by atoms with van der Waals surface area (Å²) in [6.07, 6.45) is 0.882. The molecule has 0 aliphatic rings. The van der Waals surface area contributed by atoms with Crippen LogP contribution in [0.5, 0.6) is 23.0 Å². The summed E-state index contributed by atoms with van der Waals surface area (Å²) in [5.74, 6) is 1.70. The molecular weight excluding hydrogens is 358 g/mol. The Morgan fingerprint density at radius 1 is 1.00 bits per heavy atom. The maximum absolute atomic E-state index is 12.2. The van der Waals surface area contributed by atoms with Crippen molar-refractivity contribution in [3.8, 4) is 23.0 Å². The molecule has 0 spiro atoms. The minimum Gasteiger partial charge on any atom is -0.493 e. The standard InChI is InChI=1S/C19H22ClNO5/c1-4-9-25-15-7-5-6-8-16(15)26-12-19(22)21-14-11-18(24-3)17(23-2)10-13(14)20/h5-8,10-11H,4,9,12H2,1-3H3,(H,21,22). The van der Waals surface area contributed by atoms with Gasteiger partial charge in [0.05, 0.1) is 31.5 Å². The highest BCUT2D eigenvalue weighted by molar-refractivity contribution is 6.34. The van der Waals surface area contributed by atoms with Crippen LogP contribution in [0.25, 0.3) is 0 Å². The number of rotatable bonds is 9. The van der Waals surface area contributed by atoms with Crippen molar-refractivity contribution < 1.29 is 23.7 Å². The van der Waals surface area contributed by atoms with Crippen molar-refractivity contribution in [2.24, 2.45) is 0 Å². The molecule has 140 valence electrons. The third-order valence-electron chi connectivity index (χ3n) is 3.42. The number of para-hydroxylation sites is 2. The molecule has 0 radical (unpaired) electrons. The quantitative estimate of drug-likeness (QED) is 0.708. The molecule has 0 saturated carbocycles. The Morgan fingerprint density at radius 3 is 2.23 bits per heavy atom. The molecule has 0 aliphatic heterocycles. The molecule has 2 rings (SSSR count). The fourth-order valence-corrected chi connectivity index (χ4v) is 2.38. The third-order valence-corrected chi connectivity index (χ3v) is 3.73. The van der Waals surface area contributed by atoms with E-state index in [2.05, 4.69) is 5.32 Å². The average molecular weight is 380 g/mol. The first-order valence-corrected chi connectivity index (χ1v) is 8.52. The number of carbonyl (C=O) groups excluding carboxylic acids is 1. The van der Waals surface area contributed by atoms with E-state index in [1.807, 2.05) is 19.1 Å². The van der Waals surface area contributed by atoms with Gasteiger partial charge in [-0.3, -0.25) is 4.79 Å². The lowest BCUT2D eigenvalue weighted by atomic mass is 10.2. The molecule has 1 N–H and O–H groups in total. The fourth-order valence-electron chi connectivity index (χ4n) is 2.18. The Hall–Kier alpha value is -2.60. The topological polar surface area (TPSA) is 66.0 Å².